The number of nitrogens with one attached hydrogen (secondary N) is 2. The number of hydrogen-bond donors (Lipinski definition) is 3. The highest BCUT2D eigenvalue weighted by atomic mass is 16.3. The number of fused-ring (bicyclic) bond motifs is 4. The van der Waals surface area contributed by atoms with Gasteiger partial charge in [-0.15, -0.1) is 0 Å². The molecule has 0 atom stereocenters. The Hall–Kier alpha value is -3.54. The standard InChI is InChI=1S/C18H11N3O3/c22-10-3-1-9(2-4-10)15-13-8-19-21-18(13)20-16-12-6-5-11(23)7-14(12)24-17(15)16/h1-8,22H,(H2,19,20,21). The summed E-state index contributed by atoms with van der Waals surface area (Å²) in [4.78, 5) is 16.2. The molecule has 0 aliphatic carbocycles. The van der Waals surface area contributed by atoms with Crippen LogP contribution in [0, 0.1) is 0 Å². The number of furan rings is 1. The predicted molar refractivity (Wildman–Crippen MR) is 91.1 cm³/mol. The lowest BCUT2D eigenvalue weighted by Gasteiger charge is -2.04. The van der Waals surface area contributed by atoms with Crippen molar-refractivity contribution in [3.63, 3.8) is 0 Å². The summed E-state index contributed by atoms with van der Waals surface area (Å²) in [6, 6.07) is 11.6. The largest absolute Gasteiger partial charge is 0.508 e. The molecule has 0 unspecified atom stereocenters. The Labute approximate surface area is 134 Å². The fraction of sp³-hybridized carbons (Fsp3) is 0. The smallest absolute Gasteiger partial charge is 0.182 e. The summed E-state index contributed by atoms with van der Waals surface area (Å²) in [6.45, 7) is 0. The lowest BCUT2D eigenvalue weighted by Crippen LogP contribution is -1.92. The fourth-order valence-electron chi connectivity index (χ4n) is 3.08. The van der Waals surface area contributed by atoms with Gasteiger partial charge in [0.25, 0.3) is 0 Å². The van der Waals surface area contributed by atoms with Crippen LogP contribution in [0.4, 0.5) is 0 Å². The number of phenolic OH excluding ortho intramolecular Hbond substituents is 1. The third-order valence-corrected chi connectivity index (χ3v) is 4.17. The number of nitrogens with zero attached hydrogens (tertiary/aromatic N) is 1. The molecular weight excluding hydrogens is 306 g/mol. The average molecular weight is 317 g/mol. The summed E-state index contributed by atoms with van der Waals surface area (Å²) in [5.41, 5.74) is 4.15. The molecular formula is C18H11N3O3. The summed E-state index contributed by atoms with van der Waals surface area (Å²) in [5.74, 6) is 0.196. The highest BCUT2D eigenvalue weighted by Crippen LogP contribution is 2.38. The third-order valence-electron chi connectivity index (χ3n) is 4.17. The van der Waals surface area contributed by atoms with Crippen LogP contribution in [0.3, 0.4) is 0 Å². The van der Waals surface area contributed by atoms with Gasteiger partial charge in [0.15, 0.2) is 16.7 Å². The van der Waals surface area contributed by atoms with Crippen molar-refractivity contribution in [1.29, 1.82) is 0 Å². The van der Waals surface area contributed by atoms with Gasteiger partial charge in [-0.1, -0.05) is 12.1 Å². The monoisotopic (exact) mass is 317 g/mol. The first kappa shape index (κ1) is 13.0. The SMILES string of the molecule is O=c1ccc2c(c1)oc1c(-c3ccc(O)cc3)c3c[nH][nH]c3nc12. The van der Waals surface area contributed by atoms with E-state index < -0.39 is 0 Å². The van der Waals surface area contributed by atoms with Crippen molar-refractivity contribution in [2.24, 2.45) is 0 Å². The van der Waals surface area contributed by atoms with Crippen LogP contribution in [0.1, 0.15) is 0 Å². The molecule has 0 spiro atoms. The zero-order valence-electron chi connectivity index (χ0n) is 12.3. The van der Waals surface area contributed by atoms with E-state index in [1.54, 1.807) is 18.2 Å². The van der Waals surface area contributed by atoms with E-state index in [9.17, 15) is 9.90 Å². The molecule has 6 nitrogen and oxygen atoms in total. The molecule has 6 heteroatoms. The van der Waals surface area contributed by atoms with Gasteiger partial charge in [0.1, 0.15) is 16.8 Å². The molecule has 0 aliphatic rings. The number of rotatable bonds is 1. The van der Waals surface area contributed by atoms with Crippen molar-refractivity contribution in [2.45, 2.75) is 0 Å². The van der Waals surface area contributed by atoms with Gasteiger partial charge in [-0.05, 0) is 29.8 Å². The molecule has 2 aromatic carbocycles. The minimum absolute atomic E-state index is 0.105. The second-order valence-corrected chi connectivity index (χ2v) is 5.65. The maximum Gasteiger partial charge on any atom is 0.182 e. The topological polar surface area (TPSA) is 94.9 Å². The molecule has 0 saturated heterocycles. The Bertz CT molecular complexity index is 1280. The normalized spacial score (nSPS) is 11.7. The molecule has 5 aromatic rings. The minimum atomic E-state index is -0.105. The van der Waals surface area contributed by atoms with Crippen molar-refractivity contribution in [2.75, 3.05) is 0 Å². The molecule has 3 N–H and O–H groups in total. The molecule has 3 heterocycles. The summed E-state index contributed by atoms with van der Waals surface area (Å²) in [6.07, 6.45) is 1.82. The summed E-state index contributed by atoms with van der Waals surface area (Å²) in [7, 11) is 0. The molecule has 0 saturated carbocycles. The van der Waals surface area contributed by atoms with Gasteiger partial charge >= 0.3 is 0 Å². The predicted octanol–water partition coefficient (Wildman–Crippen LogP) is 3.52. The summed E-state index contributed by atoms with van der Waals surface area (Å²) in [5, 5.41) is 17.2. The lowest BCUT2D eigenvalue weighted by molar-refractivity contribution is 0.475. The quantitative estimate of drug-likeness (QED) is 0.441. The van der Waals surface area contributed by atoms with Crippen LogP contribution >= 0.6 is 0 Å². The van der Waals surface area contributed by atoms with Crippen LogP contribution in [-0.2, 0) is 0 Å². The zero-order chi connectivity index (χ0) is 16.3. The second kappa shape index (κ2) is 4.48. The van der Waals surface area contributed by atoms with Gasteiger partial charge in [-0.2, -0.15) is 0 Å². The zero-order valence-corrected chi connectivity index (χ0v) is 12.3. The van der Waals surface area contributed by atoms with Crippen LogP contribution in [0.15, 0.2) is 57.9 Å². The van der Waals surface area contributed by atoms with Crippen molar-refractivity contribution in [3.05, 3.63) is 58.9 Å². The van der Waals surface area contributed by atoms with E-state index in [-0.39, 0.29) is 11.2 Å². The summed E-state index contributed by atoms with van der Waals surface area (Å²) >= 11 is 0. The minimum Gasteiger partial charge on any atom is -0.508 e. The van der Waals surface area contributed by atoms with E-state index in [0.717, 1.165) is 21.9 Å². The first-order valence-electron chi connectivity index (χ1n) is 7.42. The Morgan fingerprint density at radius 3 is 2.71 bits per heavy atom. The van der Waals surface area contributed by atoms with Gasteiger partial charge < -0.3 is 14.6 Å². The number of aromatic amines is 2. The van der Waals surface area contributed by atoms with Crippen LogP contribution < -0.4 is 5.43 Å². The fourth-order valence-corrected chi connectivity index (χ4v) is 3.08. The Kier molecular flexibility index (Phi) is 2.42. The van der Waals surface area contributed by atoms with Crippen LogP contribution in [0.25, 0.3) is 44.2 Å². The number of phenols is 1. The summed E-state index contributed by atoms with van der Waals surface area (Å²) < 4.78 is 5.97. The van der Waals surface area contributed by atoms with E-state index in [1.165, 1.54) is 12.1 Å². The van der Waals surface area contributed by atoms with E-state index >= 15 is 0 Å². The molecule has 24 heavy (non-hydrogen) atoms. The van der Waals surface area contributed by atoms with Crippen molar-refractivity contribution >= 4 is 33.1 Å². The Balaban J connectivity index is 2.00. The molecule has 0 fully saturated rings. The first-order chi connectivity index (χ1) is 11.7. The maximum atomic E-state index is 11.6. The van der Waals surface area contributed by atoms with Crippen molar-refractivity contribution in [3.8, 4) is 16.9 Å². The van der Waals surface area contributed by atoms with E-state index in [2.05, 4.69) is 15.2 Å². The third kappa shape index (κ3) is 1.70. The number of aromatic hydroxyl groups is 1. The molecule has 3 aromatic heterocycles. The number of H-pyrrole nitrogens is 2. The van der Waals surface area contributed by atoms with Crippen LogP contribution in [0.5, 0.6) is 5.75 Å². The van der Waals surface area contributed by atoms with Crippen molar-refractivity contribution < 1.29 is 9.52 Å². The average Bonchev–Trinajstić information content (AvgIpc) is 3.17. The number of hydrogen-bond acceptors (Lipinski definition) is 4. The molecule has 0 radical (unpaired) electrons. The highest BCUT2D eigenvalue weighted by Gasteiger charge is 2.18. The maximum absolute atomic E-state index is 11.6. The van der Waals surface area contributed by atoms with Gasteiger partial charge in [0.2, 0.25) is 0 Å². The van der Waals surface area contributed by atoms with E-state index in [4.69, 9.17) is 4.42 Å². The van der Waals surface area contributed by atoms with E-state index in [0.29, 0.717) is 22.3 Å². The Morgan fingerprint density at radius 2 is 1.88 bits per heavy atom. The highest BCUT2D eigenvalue weighted by molar-refractivity contribution is 6.14. The molecule has 116 valence electrons. The lowest BCUT2D eigenvalue weighted by atomic mass is 10.0. The van der Waals surface area contributed by atoms with Gasteiger partial charge in [0, 0.05) is 28.6 Å². The van der Waals surface area contributed by atoms with Crippen LogP contribution in [-0.4, -0.2) is 20.3 Å². The number of aromatic nitrogens is 3. The van der Waals surface area contributed by atoms with Gasteiger partial charge in [-0.25, -0.2) is 4.98 Å². The Morgan fingerprint density at radius 1 is 1.04 bits per heavy atom. The van der Waals surface area contributed by atoms with Crippen molar-refractivity contribution in [1.82, 2.24) is 15.2 Å². The van der Waals surface area contributed by atoms with Gasteiger partial charge in [0.05, 0.1) is 0 Å². The van der Waals surface area contributed by atoms with Gasteiger partial charge in [-0.3, -0.25) is 9.89 Å². The molecule has 5 rings (SSSR count). The number of pyridine rings is 1. The first-order valence-corrected chi connectivity index (χ1v) is 7.42. The second-order valence-electron chi connectivity index (χ2n) is 5.65. The molecule has 0 bridgehead atoms. The molecule has 0 aliphatic heterocycles. The molecule has 0 amide bonds. The van der Waals surface area contributed by atoms with Crippen LogP contribution in [0.2, 0.25) is 0 Å². The van der Waals surface area contributed by atoms with E-state index in [1.807, 2.05) is 18.3 Å². The number of benzene rings is 2.